The third-order valence-corrected chi connectivity index (χ3v) is 3.86. The molecule has 2 aromatic carbocycles. The molecule has 4 rings (SSSR count). The predicted octanol–water partition coefficient (Wildman–Crippen LogP) is 3.58. The first-order chi connectivity index (χ1) is 11.2. The summed E-state index contributed by atoms with van der Waals surface area (Å²) in [5.74, 6) is 0.503. The lowest BCUT2D eigenvalue weighted by molar-refractivity contribution is 1.03. The van der Waals surface area contributed by atoms with Crippen molar-refractivity contribution in [2.45, 2.75) is 6.92 Å². The number of hydrogen-bond donors (Lipinski definition) is 2. The van der Waals surface area contributed by atoms with Gasteiger partial charge in [0.1, 0.15) is 11.5 Å². The summed E-state index contributed by atoms with van der Waals surface area (Å²) in [7, 11) is 0. The second-order valence-electron chi connectivity index (χ2n) is 5.50. The maximum Gasteiger partial charge on any atom is 0.205 e. The molecular formula is C18H15N5. The van der Waals surface area contributed by atoms with Crippen LogP contribution in [-0.4, -0.2) is 20.4 Å². The van der Waals surface area contributed by atoms with Crippen molar-refractivity contribution >= 4 is 16.9 Å². The van der Waals surface area contributed by atoms with Crippen molar-refractivity contribution in [2.24, 2.45) is 0 Å². The Hall–Kier alpha value is -3.21. The smallest absolute Gasteiger partial charge is 0.205 e. The number of aryl methyl sites for hydroxylation is 1. The number of benzene rings is 2. The molecule has 23 heavy (non-hydrogen) atoms. The van der Waals surface area contributed by atoms with Crippen LogP contribution >= 0.6 is 0 Å². The van der Waals surface area contributed by atoms with E-state index in [1.54, 1.807) is 0 Å². The lowest BCUT2D eigenvalue weighted by atomic mass is 9.96. The molecule has 5 heteroatoms. The van der Waals surface area contributed by atoms with Crippen molar-refractivity contribution in [3.05, 3.63) is 60.2 Å². The van der Waals surface area contributed by atoms with Crippen LogP contribution in [-0.2, 0) is 0 Å². The van der Waals surface area contributed by atoms with Gasteiger partial charge in [-0.1, -0.05) is 60.2 Å². The fourth-order valence-corrected chi connectivity index (χ4v) is 2.81. The van der Waals surface area contributed by atoms with Gasteiger partial charge in [0.15, 0.2) is 0 Å². The van der Waals surface area contributed by atoms with Gasteiger partial charge in [-0.3, -0.25) is 5.10 Å². The molecule has 2 heterocycles. The van der Waals surface area contributed by atoms with Crippen LogP contribution in [0.5, 0.6) is 0 Å². The van der Waals surface area contributed by atoms with Gasteiger partial charge in [-0.2, -0.15) is 5.10 Å². The molecule has 0 aliphatic carbocycles. The Kier molecular flexibility index (Phi) is 3.05. The average molecular weight is 301 g/mol. The maximum atomic E-state index is 6.11. The SMILES string of the molecule is Cc1cccc(-c2c(-c3ccccc3)nnc3n[nH]c(N)c23)c1. The Morgan fingerprint density at radius 3 is 2.48 bits per heavy atom. The highest BCUT2D eigenvalue weighted by molar-refractivity contribution is 6.04. The number of anilines is 1. The summed E-state index contributed by atoms with van der Waals surface area (Å²) in [5, 5.41) is 16.4. The van der Waals surface area contributed by atoms with Crippen molar-refractivity contribution < 1.29 is 0 Å². The first-order valence-corrected chi connectivity index (χ1v) is 7.37. The molecule has 112 valence electrons. The summed E-state index contributed by atoms with van der Waals surface area (Å²) in [5.41, 5.74) is 11.6. The molecule has 0 radical (unpaired) electrons. The van der Waals surface area contributed by atoms with Crippen LogP contribution < -0.4 is 5.73 Å². The second kappa shape index (κ2) is 5.21. The minimum atomic E-state index is 0.503. The Bertz CT molecular complexity index is 989. The standard InChI is InChI=1S/C18H15N5/c1-11-6-5-9-13(10-11)14-15-17(19)21-23-18(15)22-20-16(14)12-7-3-2-4-8-12/h2-10H,1H3,(H3,19,21,22,23). The van der Waals surface area contributed by atoms with Gasteiger partial charge in [0, 0.05) is 11.1 Å². The van der Waals surface area contributed by atoms with Gasteiger partial charge in [0.2, 0.25) is 5.65 Å². The van der Waals surface area contributed by atoms with E-state index in [0.29, 0.717) is 11.5 Å². The highest BCUT2D eigenvalue weighted by Crippen LogP contribution is 2.37. The second-order valence-corrected chi connectivity index (χ2v) is 5.50. The third-order valence-electron chi connectivity index (χ3n) is 3.86. The number of aromatic nitrogens is 4. The predicted molar refractivity (Wildman–Crippen MR) is 91.7 cm³/mol. The Morgan fingerprint density at radius 1 is 0.913 bits per heavy atom. The fraction of sp³-hybridized carbons (Fsp3) is 0.0556. The molecule has 0 bridgehead atoms. The topological polar surface area (TPSA) is 80.5 Å². The van der Waals surface area contributed by atoms with Crippen molar-refractivity contribution in [1.82, 2.24) is 20.4 Å². The number of hydrogen-bond acceptors (Lipinski definition) is 4. The van der Waals surface area contributed by atoms with Gasteiger partial charge < -0.3 is 5.73 Å². The number of H-pyrrole nitrogens is 1. The van der Waals surface area contributed by atoms with Crippen LogP contribution in [0.1, 0.15) is 5.56 Å². The van der Waals surface area contributed by atoms with Crippen LogP contribution in [0, 0.1) is 6.92 Å². The van der Waals surface area contributed by atoms with E-state index in [9.17, 15) is 0 Å². The quantitative estimate of drug-likeness (QED) is 0.593. The monoisotopic (exact) mass is 301 g/mol. The molecule has 3 N–H and O–H groups in total. The lowest BCUT2D eigenvalue weighted by Gasteiger charge is -2.10. The molecule has 2 aromatic heterocycles. The molecule has 0 saturated carbocycles. The van der Waals surface area contributed by atoms with Gasteiger partial charge in [-0.05, 0) is 12.5 Å². The molecule has 0 unspecified atom stereocenters. The summed E-state index contributed by atoms with van der Waals surface area (Å²) in [4.78, 5) is 0. The molecule has 5 nitrogen and oxygen atoms in total. The van der Waals surface area contributed by atoms with E-state index in [-0.39, 0.29) is 0 Å². The number of aromatic amines is 1. The van der Waals surface area contributed by atoms with Crippen molar-refractivity contribution in [2.75, 3.05) is 5.73 Å². The summed E-state index contributed by atoms with van der Waals surface area (Å²) in [6, 6.07) is 18.3. The van der Waals surface area contributed by atoms with Crippen LogP contribution in [0.2, 0.25) is 0 Å². The summed E-state index contributed by atoms with van der Waals surface area (Å²) in [6.45, 7) is 2.07. The molecule has 0 fully saturated rings. The molecule has 0 saturated heterocycles. The van der Waals surface area contributed by atoms with E-state index in [4.69, 9.17) is 5.73 Å². The van der Waals surface area contributed by atoms with Crippen LogP contribution in [0.3, 0.4) is 0 Å². The number of nitrogens with one attached hydrogen (secondary N) is 1. The molecule has 0 aliphatic rings. The Balaban J connectivity index is 2.11. The number of nitrogens with zero attached hydrogens (tertiary/aromatic N) is 3. The van der Waals surface area contributed by atoms with E-state index in [1.165, 1.54) is 5.56 Å². The van der Waals surface area contributed by atoms with Gasteiger partial charge in [0.25, 0.3) is 0 Å². The zero-order valence-corrected chi connectivity index (χ0v) is 12.6. The van der Waals surface area contributed by atoms with Crippen LogP contribution in [0.4, 0.5) is 5.82 Å². The third kappa shape index (κ3) is 2.23. The van der Waals surface area contributed by atoms with E-state index in [1.807, 2.05) is 36.4 Å². The molecule has 0 aliphatic heterocycles. The lowest BCUT2D eigenvalue weighted by Crippen LogP contribution is -1.96. The Morgan fingerprint density at radius 2 is 1.70 bits per heavy atom. The van der Waals surface area contributed by atoms with Crippen LogP contribution in [0.15, 0.2) is 54.6 Å². The number of nitrogen functional groups attached to an aromatic ring is 1. The summed E-state index contributed by atoms with van der Waals surface area (Å²) < 4.78 is 0. The van der Waals surface area contributed by atoms with E-state index < -0.39 is 0 Å². The summed E-state index contributed by atoms with van der Waals surface area (Å²) in [6.07, 6.45) is 0. The van der Waals surface area contributed by atoms with Crippen LogP contribution in [0.25, 0.3) is 33.4 Å². The van der Waals surface area contributed by atoms with Crippen molar-refractivity contribution in [1.29, 1.82) is 0 Å². The van der Waals surface area contributed by atoms with Gasteiger partial charge >= 0.3 is 0 Å². The van der Waals surface area contributed by atoms with E-state index in [0.717, 1.165) is 27.8 Å². The van der Waals surface area contributed by atoms with Crippen molar-refractivity contribution in [3.63, 3.8) is 0 Å². The maximum absolute atomic E-state index is 6.11. The number of fused-ring (bicyclic) bond motifs is 1. The fourth-order valence-electron chi connectivity index (χ4n) is 2.81. The van der Waals surface area contributed by atoms with Gasteiger partial charge in [-0.15, -0.1) is 10.2 Å². The molecule has 0 amide bonds. The molecule has 0 spiro atoms. The average Bonchev–Trinajstić information content (AvgIpc) is 2.96. The normalized spacial score (nSPS) is 11.0. The largest absolute Gasteiger partial charge is 0.383 e. The zero-order chi connectivity index (χ0) is 15.8. The van der Waals surface area contributed by atoms with Crippen molar-refractivity contribution in [3.8, 4) is 22.4 Å². The summed E-state index contributed by atoms with van der Waals surface area (Å²) >= 11 is 0. The van der Waals surface area contributed by atoms with E-state index in [2.05, 4.69) is 45.5 Å². The Labute approximate surface area is 133 Å². The van der Waals surface area contributed by atoms with Gasteiger partial charge in [0.05, 0.1) is 5.39 Å². The first-order valence-electron chi connectivity index (χ1n) is 7.37. The zero-order valence-electron chi connectivity index (χ0n) is 12.6. The first kappa shape index (κ1) is 13.5. The molecular weight excluding hydrogens is 286 g/mol. The minimum absolute atomic E-state index is 0.503. The minimum Gasteiger partial charge on any atom is -0.383 e. The highest BCUT2D eigenvalue weighted by Gasteiger charge is 2.18. The number of rotatable bonds is 2. The van der Waals surface area contributed by atoms with Gasteiger partial charge in [-0.25, -0.2) is 0 Å². The number of nitrogens with two attached hydrogens (primary N) is 1. The highest BCUT2D eigenvalue weighted by atomic mass is 15.2. The molecule has 0 atom stereocenters. The molecule has 4 aromatic rings. The van der Waals surface area contributed by atoms with E-state index >= 15 is 0 Å².